The predicted molar refractivity (Wildman–Crippen MR) is 66.7 cm³/mol. The van der Waals surface area contributed by atoms with Crippen LogP contribution in [0.5, 0.6) is 5.75 Å². The molecule has 2 rings (SSSR count). The van der Waals surface area contributed by atoms with E-state index in [4.69, 9.17) is 14.0 Å². The molecule has 1 N–H and O–H groups in total. The van der Waals surface area contributed by atoms with Gasteiger partial charge >= 0.3 is 6.01 Å². The van der Waals surface area contributed by atoms with E-state index in [9.17, 15) is 0 Å². The highest BCUT2D eigenvalue weighted by Gasteiger charge is 2.07. The van der Waals surface area contributed by atoms with E-state index in [1.165, 1.54) is 0 Å². The van der Waals surface area contributed by atoms with E-state index in [1.807, 2.05) is 24.3 Å². The third-order valence-electron chi connectivity index (χ3n) is 2.36. The first-order chi connectivity index (χ1) is 8.83. The summed E-state index contributed by atoms with van der Waals surface area (Å²) in [7, 11) is 3.26. The summed E-state index contributed by atoms with van der Waals surface area (Å²) in [5.41, 5.74) is 0.874. The summed E-state index contributed by atoms with van der Waals surface area (Å²) in [5, 5.41) is 6.86. The Balaban J connectivity index is 2.04. The molecule has 96 valence electrons. The molecule has 0 unspecified atom stereocenters. The Kier molecular flexibility index (Phi) is 4.14. The van der Waals surface area contributed by atoms with E-state index in [-0.39, 0.29) is 0 Å². The van der Waals surface area contributed by atoms with Crippen LogP contribution < -0.4 is 10.1 Å². The Morgan fingerprint density at radius 1 is 1.22 bits per heavy atom. The lowest BCUT2D eigenvalue weighted by Gasteiger charge is -1.99. The molecule has 1 aromatic carbocycles. The third kappa shape index (κ3) is 2.98. The number of ether oxygens (including phenoxy) is 2. The van der Waals surface area contributed by atoms with Gasteiger partial charge in [-0.3, -0.25) is 0 Å². The van der Waals surface area contributed by atoms with Crippen molar-refractivity contribution < 1.29 is 14.0 Å². The van der Waals surface area contributed by atoms with Crippen molar-refractivity contribution in [1.29, 1.82) is 0 Å². The lowest BCUT2D eigenvalue weighted by molar-refractivity contribution is 0.210. The van der Waals surface area contributed by atoms with Gasteiger partial charge in [0, 0.05) is 19.2 Å². The minimum Gasteiger partial charge on any atom is -0.497 e. The highest BCUT2D eigenvalue weighted by atomic mass is 16.5. The zero-order chi connectivity index (χ0) is 12.8. The molecule has 6 nitrogen and oxygen atoms in total. The van der Waals surface area contributed by atoms with Crippen molar-refractivity contribution >= 4 is 6.01 Å². The summed E-state index contributed by atoms with van der Waals surface area (Å²) in [5.74, 6) is 1.33. The Morgan fingerprint density at radius 2 is 2.00 bits per heavy atom. The molecular formula is C12H15N3O3. The van der Waals surface area contributed by atoms with Crippen LogP contribution in [-0.2, 0) is 4.74 Å². The fourth-order valence-electron chi connectivity index (χ4n) is 1.41. The highest BCUT2D eigenvalue weighted by molar-refractivity contribution is 5.56. The number of aromatic nitrogens is 2. The van der Waals surface area contributed by atoms with Crippen molar-refractivity contribution in [2.45, 2.75) is 0 Å². The van der Waals surface area contributed by atoms with Gasteiger partial charge in [-0.05, 0) is 24.3 Å². The summed E-state index contributed by atoms with van der Waals surface area (Å²) in [4.78, 5) is 4.22. The molecule has 0 amide bonds. The van der Waals surface area contributed by atoms with Crippen molar-refractivity contribution in [3.05, 3.63) is 24.3 Å². The molecule has 1 heterocycles. The number of methoxy groups -OCH3 is 2. The molecule has 0 spiro atoms. The Labute approximate surface area is 105 Å². The molecule has 0 bridgehead atoms. The quantitative estimate of drug-likeness (QED) is 0.787. The Bertz CT molecular complexity index is 482. The molecular weight excluding hydrogens is 234 g/mol. The molecule has 2 aromatic rings. The second-order valence-corrected chi connectivity index (χ2v) is 3.57. The molecule has 0 saturated heterocycles. The first kappa shape index (κ1) is 12.4. The van der Waals surface area contributed by atoms with Gasteiger partial charge in [-0.15, -0.1) is 0 Å². The number of rotatable bonds is 6. The van der Waals surface area contributed by atoms with E-state index in [1.54, 1.807) is 14.2 Å². The summed E-state index contributed by atoms with van der Waals surface area (Å²) in [6.45, 7) is 1.21. The molecule has 0 saturated carbocycles. The SMILES string of the molecule is COCCNc1nc(-c2ccc(OC)cc2)no1. The molecule has 0 radical (unpaired) electrons. The van der Waals surface area contributed by atoms with Gasteiger partial charge in [-0.2, -0.15) is 4.98 Å². The van der Waals surface area contributed by atoms with Gasteiger partial charge in [-0.1, -0.05) is 5.16 Å². The van der Waals surface area contributed by atoms with Crippen molar-refractivity contribution in [1.82, 2.24) is 10.1 Å². The summed E-state index contributed by atoms with van der Waals surface area (Å²) < 4.78 is 15.1. The second-order valence-electron chi connectivity index (χ2n) is 3.57. The highest BCUT2D eigenvalue weighted by Crippen LogP contribution is 2.20. The minimum absolute atomic E-state index is 0.387. The largest absolute Gasteiger partial charge is 0.497 e. The Morgan fingerprint density at radius 3 is 2.67 bits per heavy atom. The van der Waals surface area contributed by atoms with Gasteiger partial charge < -0.3 is 19.3 Å². The molecule has 0 fully saturated rings. The lowest BCUT2D eigenvalue weighted by atomic mass is 10.2. The normalized spacial score (nSPS) is 10.3. The predicted octanol–water partition coefficient (Wildman–Crippen LogP) is 1.80. The van der Waals surface area contributed by atoms with E-state index >= 15 is 0 Å². The molecule has 0 aliphatic heterocycles. The maximum absolute atomic E-state index is 5.09. The van der Waals surface area contributed by atoms with E-state index in [2.05, 4.69) is 15.5 Å². The lowest BCUT2D eigenvalue weighted by Crippen LogP contribution is -2.07. The zero-order valence-electron chi connectivity index (χ0n) is 10.3. The van der Waals surface area contributed by atoms with Crippen LogP contribution in [0.25, 0.3) is 11.4 Å². The number of anilines is 1. The van der Waals surface area contributed by atoms with Crippen molar-refractivity contribution in [2.75, 3.05) is 32.7 Å². The smallest absolute Gasteiger partial charge is 0.321 e. The summed E-state index contributed by atoms with van der Waals surface area (Å²) in [6, 6.07) is 7.84. The average molecular weight is 249 g/mol. The minimum atomic E-state index is 0.387. The standard InChI is InChI=1S/C12H15N3O3/c1-16-8-7-13-12-14-11(15-18-12)9-3-5-10(17-2)6-4-9/h3-6H,7-8H2,1-2H3,(H,13,14,15). The first-order valence-corrected chi connectivity index (χ1v) is 5.54. The topological polar surface area (TPSA) is 69.4 Å². The van der Waals surface area contributed by atoms with Crippen LogP contribution >= 0.6 is 0 Å². The number of nitrogens with zero attached hydrogens (tertiary/aromatic N) is 2. The van der Waals surface area contributed by atoms with Crippen LogP contribution in [0.4, 0.5) is 6.01 Å². The van der Waals surface area contributed by atoms with E-state index < -0.39 is 0 Å². The van der Waals surface area contributed by atoms with Gasteiger partial charge in [0.15, 0.2) is 0 Å². The van der Waals surface area contributed by atoms with Crippen LogP contribution in [0.3, 0.4) is 0 Å². The maximum atomic E-state index is 5.09. The van der Waals surface area contributed by atoms with Gasteiger partial charge in [-0.25, -0.2) is 0 Å². The van der Waals surface area contributed by atoms with Crippen molar-refractivity contribution in [3.8, 4) is 17.1 Å². The fourth-order valence-corrected chi connectivity index (χ4v) is 1.41. The summed E-state index contributed by atoms with van der Waals surface area (Å²) in [6.07, 6.45) is 0. The molecule has 18 heavy (non-hydrogen) atoms. The Hall–Kier alpha value is -2.08. The van der Waals surface area contributed by atoms with E-state index in [0.717, 1.165) is 11.3 Å². The van der Waals surface area contributed by atoms with E-state index in [0.29, 0.717) is 25.0 Å². The monoisotopic (exact) mass is 249 g/mol. The van der Waals surface area contributed by atoms with Crippen molar-refractivity contribution in [3.63, 3.8) is 0 Å². The van der Waals surface area contributed by atoms with Crippen LogP contribution in [0.1, 0.15) is 0 Å². The maximum Gasteiger partial charge on any atom is 0.321 e. The second kappa shape index (κ2) is 6.02. The zero-order valence-corrected chi connectivity index (χ0v) is 10.3. The van der Waals surface area contributed by atoms with Gasteiger partial charge in [0.1, 0.15) is 5.75 Å². The number of benzene rings is 1. The molecule has 0 aliphatic rings. The fraction of sp³-hybridized carbons (Fsp3) is 0.333. The third-order valence-corrected chi connectivity index (χ3v) is 2.36. The van der Waals surface area contributed by atoms with Crippen LogP contribution in [0, 0.1) is 0 Å². The van der Waals surface area contributed by atoms with Crippen LogP contribution in [-0.4, -0.2) is 37.5 Å². The molecule has 0 aliphatic carbocycles. The molecule has 1 aromatic heterocycles. The van der Waals surface area contributed by atoms with Gasteiger partial charge in [0.25, 0.3) is 0 Å². The van der Waals surface area contributed by atoms with Gasteiger partial charge in [0.2, 0.25) is 5.82 Å². The molecule has 6 heteroatoms. The summed E-state index contributed by atoms with van der Waals surface area (Å²) >= 11 is 0. The number of hydrogen-bond acceptors (Lipinski definition) is 6. The first-order valence-electron chi connectivity index (χ1n) is 5.54. The van der Waals surface area contributed by atoms with Crippen molar-refractivity contribution in [2.24, 2.45) is 0 Å². The van der Waals surface area contributed by atoms with Crippen LogP contribution in [0.15, 0.2) is 28.8 Å². The van der Waals surface area contributed by atoms with Crippen LogP contribution in [0.2, 0.25) is 0 Å². The number of hydrogen-bond donors (Lipinski definition) is 1. The number of nitrogens with one attached hydrogen (secondary N) is 1. The molecule has 0 atom stereocenters. The average Bonchev–Trinajstić information content (AvgIpc) is 2.88. The van der Waals surface area contributed by atoms with Gasteiger partial charge in [0.05, 0.1) is 13.7 Å².